The van der Waals surface area contributed by atoms with E-state index in [0.29, 0.717) is 25.7 Å². The van der Waals surface area contributed by atoms with Gasteiger partial charge in [0.1, 0.15) is 19.3 Å². The molecular weight excluding hydrogens is 1400 g/mol. The van der Waals surface area contributed by atoms with Crippen molar-refractivity contribution in [3.63, 3.8) is 0 Å². The van der Waals surface area contributed by atoms with Crippen molar-refractivity contribution in [2.75, 3.05) is 39.6 Å². The minimum atomic E-state index is -4.97. The number of rotatable bonds is 87. The molecule has 642 valence electrons. The zero-order valence-corrected chi connectivity index (χ0v) is 73.1. The summed E-state index contributed by atoms with van der Waals surface area (Å²) in [5, 5.41) is 10.7. The van der Waals surface area contributed by atoms with Gasteiger partial charge in [0.25, 0.3) is 0 Å². The Morgan fingerprint density at radius 2 is 0.472 bits per heavy atom. The second kappa shape index (κ2) is 78.9. The summed E-state index contributed by atoms with van der Waals surface area (Å²) in [5.41, 5.74) is 0. The van der Waals surface area contributed by atoms with Crippen LogP contribution in [0.1, 0.15) is 472 Å². The summed E-state index contributed by atoms with van der Waals surface area (Å²) in [6, 6.07) is 0. The number of aliphatic hydroxyl groups is 1. The maximum atomic E-state index is 13.2. The number of phosphoric ester groups is 2. The topological polar surface area (TPSA) is 237 Å². The fraction of sp³-hybridized carbons (Fsp3) is 0.955. The van der Waals surface area contributed by atoms with Crippen molar-refractivity contribution in [1.82, 2.24) is 0 Å². The molecule has 0 spiro atoms. The SMILES string of the molecule is CCCCCCCCCCCCCCCCCCCCC(=O)O[C@H](COC(=O)CCCCCCCCCCC(C)C)COP(=O)(O)OC[C@H](O)COP(=O)(O)OC[C@@H](COC(=O)CCCCCCCCCCCCCCCCC(C)CC)OC(=O)CCCCCCCCCCCCCCCCCCCCC(C)C. The van der Waals surface area contributed by atoms with Crippen LogP contribution in [0.15, 0.2) is 0 Å². The van der Waals surface area contributed by atoms with Gasteiger partial charge in [0.15, 0.2) is 12.2 Å². The first-order chi connectivity index (χ1) is 52.3. The highest BCUT2D eigenvalue weighted by Gasteiger charge is 2.31. The average molecular weight is 1580 g/mol. The molecule has 0 heterocycles. The van der Waals surface area contributed by atoms with Crippen LogP contribution in [0.2, 0.25) is 0 Å². The van der Waals surface area contributed by atoms with Crippen molar-refractivity contribution in [3.05, 3.63) is 0 Å². The molecule has 0 bridgehead atoms. The second-order valence-corrected chi connectivity index (χ2v) is 36.1. The normalized spacial score (nSPS) is 14.1. The monoisotopic (exact) mass is 1580 g/mol. The zero-order valence-electron chi connectivity index (χ0n) is 71.3. The number of hydrogen-bond donors (Lipinski definition) is 3. The smallest absolute Gasteiger partial charge is 0.462 e. The summed E-state index contributed by atoms with van der Waals surface area (Å²) < 4.78 is 69.0. The molecular formula is C89H174O17P2. The van der Waals surface area contributed by atoms with E-state index in [1.807, 2.05) is 0 Å². The first-order valence-corrected chi connectivity index (χ1v) is 48.9. The van der Waals surface area contributed by atoms with Gasteiger partial charge >= 0.3 is 39.5 Å². The molecule has 19 heteroatoms. The summed E-state index contributed by atoms with van der Waals surface area (Å²) in [6.45, 7) is 12.1. The Morgan fingerprint density at radius 1 is 0.269 bits per heavy atom. The fourth-order valence-electron chi connectivity index (χ4n) is 13.9. The average Bonchev–Trinajstić information content (AvgIpc) is 0.906. The summed E-state index contributed by atoms with van der Waals surface area (Å²) in [7, 11) is -9.93. The van der Waals surface area contributed by atoms with Crippen LogP contribution in [0.5, 0.6) is 0 Å². The third-order valence-electron chi connectivity index (χ3n) is 21.2. The Bertz CT molecular complexity index is 2080. The molecule has 0 saturated carbocycles. The van der Waals surface area contributed by atoms with E-state index in [1.165, 1.54) is 283 Å². The molecule has 0 aromatic rings. The van der Waals surface area contributed by atoms with Gasteiger partial charge < -0.3 is 33.8 Å². The Kier molecular flexibility index (Phi) is 77.5. The molecule has 6 atom stereocenters. The van der Waals surface area contributed by atoms with Crippen LogP contribution in [0, 0.1) is 17.8 Å². The van der Waals surface area contributed by atoms with Crippen molar-refractivity contribution in [3.8, 4) is 0 Å². The van der Waals surface area contributed by atoms with E-state index in [4.69, 9.17) is 37.0 Å². The number of ether oxygens (including phenoxy) is 4. The van der Waals surface area contributed by atoms with Crippen molar-refractivity contribution in [2.45, 2.75) is 491 Å². The van der Waals surface area contributed by atoms with E-state index in [2.05, 4.69) is 48.5 Å². The number of aliphatic hydroxyl groups excluding tert-OH is 1. The molecule has 0 rings (SSSR count). The van der Waals surface area contributed by atoms with Gasteiger partial charge in [-0.2, -0.15) is 0 Å². The molecule has 0 radical (unpaired) electrons. The minimum absolute atomic E-state index is 0.108. The van der Waals surface area contributed by atoms with Crippen molar-refractivity contribution in [1.29, 1.82) is 0 Å². The van der Waals surface area contributed by atoms with Crippen LogP contribution in [-0.4, -0.2) is 96.7 Å². The fourth-order valence-corrected chi connectivity index (χ4v) is 15.4. The Morgan fingerprint density at radius 3 is 0.704 bits per heavy atom. The minimum Gasteiger partial charge on any atom is -0.462 e. The second-order valence-electron chi connectivity index (χ2n) is 33.2. The molecule has 0 fully saturated rings. The molecule has 0 aliphatic rings. The standard InChI is InChI=1S/C89H174O17P2/c1-8-10-11-12-13-14-15-16-17-18-22-25-32-37-42-51-58-65-73-89(94)106-85(77-100-87(92)71-64-57-50-45-44-47-54-61-68-81(5)6)79-104-108(97,98)102-75-83(90)74-101-107(95,96)103-78-84(76-99-86(91)70-63-56-49-41-36-31-28-27-30-35-40-48-55-62-69-82(7)9-2)105-88(93)72-66-59-52-43-38-33-26-23-20-19-21-24-29-34-39-46-53-60-67-80(3)4/h80-85,90H,8-79H2,1-7H3,(H,95,96)(H,97,98)/t82?,83-,84-,85-/m1/s1. The maximum Gasteiger partial charge on any atom is 0.472 e. The number of unbranched alkanes of at least 4 members (excludes halogenated alkanes) is 54. The first-order valence-electron chi connectivity index (χ1n) is 45.9. The lowest BCUT2D eigenvalue weighted by molar-refractivity contribution is -0.161. The summed E-state index contributed by atoms with van der Waals surface area (Å²) in [6.07, 6.45) is 70.8. The number of carbonyl (C=O) groups is 4. The van der Waals surface area contributed by atoms with Crippen LogP contribution in [-0.2, 0) is 65.4 Å². The number of carbonyl (C=O) groups excluding carboxylic acids is 4. The predicted octanol–water partition coefficient (Wildman–Crippen LogP) is 27.3. The molecule has 17 nitrogen and oxygen atoms in total. The lowest BCUT2D eigenvalue weighted by Gasteiger charge is -2.21. The van der Waals surface area contributed by atoms with Crippen molar-refractivity contribution in [2.24, 2.45) is 17.8 Å². The van der Waals surface area contributed by atoms with E-state index in [1.54, 1.807) is 0 Å². The van der Waals surface area contributed by atoms with E-state index in [-0.39, 0.29) is 25.7 Å². The predicted molar refractivity (Wildman–Crippen MR) is 446 cm³/mol. The molecule has 0 aliphatic carbocycles. The van der Waals surface area contributed by atoms with Crippen LogP contribution >= 0.6 is 15.6 Å². The molecule has 0 aromatic heterocycles. The summed E-state index contributed by atoms with van der Waals surface area (Å²) in [5.74, 6) is 0.296. The van der Waals surface area contributed by atoms with Gasteiger partial charge in [-0.15, -0.1) is 0 Å². The van der Waals surface area contributed by atoms with Gasteiger partial charge in [-0.25, -0.2) is 9.13 Å². The first kappa shape index (κ1) is 106. The molecule has 108 heavy (non-hydrogen) atoms. The third kappa shape index (κ3) is 80.7. The van der Waals surface area contributed by atoms with Gasteiger partial charge in [-0.3, -0.25) is 37.3 Å². The molecule has 3 N–H and O–H groups in total. The summed E-state index contributed by atoms with van der Waals surface area (Å²) in [4.78, 5) is 73.3. The van der Waals surface area contributed by atoms with Gasteiger partial charge in [0, 0.05) is 25.7 Å². The summed E-state index contributed by atoms with van der Waals surface area (Å²) >= 11 is 0. The van der Waals surface area contributed by atoms with Gasteiger partial charge in [-0.1, -0.05) is 421 Å². The van der Waals surface area contributed by atoms with Gasteiger partial charge in [0.05, 0.1) is 26.4 Å². The molecule has 0 amide bonds. The number of phosphoric acid groups is 2. The molecule has 0 saturated heterocycles. The highest BCUT2D eigenvalue weighted by molar-refractivity contribution is 7.47. The number of esters is 4. The van der Waals surface area contributed by atoms with E-state index >= 15 is 0 Å². The highest BCUT2D eigenvalue weighted by Crippen LogP contribution is 2.45. The van der Waals surface area contributed by atoms with Gasteiger partial charge in [0.2, 0.25) is 0 Å². The van der Waals surface area contributed by atoms with E-state index in [9.17, 15) is 43.2 Å². The van der Waals surface area contributed by atoms with E-state index < -0.39 is 97.5 Å². The Labute approximate surface area is 664 Å². The zero-order chi connectivity index (χ0) is 79.3. The van der Waals surface area contributed by atoms with Crippen LogP contribution in [0.3, 0.4) is 0 Å². The third-order valence-corrected chi connectivity index (χ3v) is 23.1. The van der Waals surface area contributed by atoms with Crippen molar-refractivity contribution >= 4 is 39.5 Å². The van der Waals surface area contributed by atoms with Crippen molar-refractivity contribution < 1.29 is 80.2 Å². The Balaban J connectivity index is 5.24. The van der Waals surface area contributed by atoms with Crippen LogP contribution < -0.4 is 0 Å². The van der Waals surface area contributed by atoms with Crippen LogP contribution in [0.4, 0.5) is 0 Å². The lowest BCUT2D eigenvalue weighted by atomic mass is 9.99. The van der Waals surface area contributed by atoms with E-state index in [0.717, 1.165) is 108 Å². The molecule has 0 aromatic carbocycles. The quantitative estimate of drug-likeness (QED) is 0.0222. The number of hydrogen-bond acceptors (Lipinski definition) is 15. The maximum absolute atomic E-state index is 13.2. The Hall–Kier alpha value is -1.94. The molecule has 3 unspecified atom stereocenters. The molecule has 0 aliphatic heterocycles. The van der Waals surface area contributed by atoms with Crippen LogP contribution in [0.25, 0.3) is 0 Å². The highest BCUT2D eigenvalue weighted by atomic mass is 31.2. The van der Waals surface area contributed by atoms with Gasteiger partial charge in [-0.05, 0) is 43.4 Å². The lowest BCUT2D eigenvalue weighted by Crippen LogP contribution is -2.30. The largest absolute Gasteiger partial charge is 0.472 e.